The minimum atomic E-state index is -0.852. The van der Waals surface area contributed by atoms with Gasteiger partial charge in [-0.15, -0.1) is 0 Å². The third-order valence-electron chi connectivity index (χ3n) is 5.42. The molecule has 5 heteroatoms. The number of piperidine rings is 3. The van der Waals surface area contributed by atoms with Crippen molar-refractivity contribution in [3.05, 3.63) is 0 Å². The van der Waals surface area contributed by atoms with E-state index < -0.39 is 12.0 Å². The fourth-order valence-electron chi connectivity index (χ4n) is 4.64. The highest BCUT2D eigenvalue weighted by molar-refractivity contribution is 5.74. The van der Waals surface area contributed by atoms with Crippen molar-refractivity contribution in [2.45, 2.75) is 44.3 Å². The van der Waals surface area contributed by atoms with Crippen molar-refractivity contribution in [2.24, 2.45) is 17.6 Å². The van der Waals surface area contributed by atoms with Crippen LogP contribution in [0.25, 0.3) is 0 Å². The number of likely N-dealkylation sites (tertiary alicyclic amines) is 1. The summed E-state index contributed by atoms with van der Waals surface area (Å²) in [5.41, 5.74) is 6.01. The summed E-state index contributed by atoms with van der Waals surface area (Å²) >= 11 is 0. The lowest BCUT2D eigenvalue weighted by molar-refractivity contribution is -0.141. The largest absolute Gasteiger partial charge is 0.480 e. The quantitative estimate of drug-likeness (QED) is 0.761. The van der Waals surface area contributed by atoms with Gasteiger partial charge in [0.05, 0.1) is 6.04 Å². The summed E-state index contributed by atoms with van der Waals surface area (Å²) in [6.07, 6.45) is 3.64. The van der Waals surface area contributed by atoms with Crippen LogP contribution < -0.4 is 5.73 Å². The zero-order chi connectivity index (χ0) is 13.6. The molecule has 4 atom stereocenters. The van der Waals surface area contributed by atoms with Gasteiger partial charge in [-0.05, 0) is 50.7 Å². The number of rotatable bonds is 4. The molecule has 5 nitrogen and oxygen atoms in total. The molecule has 3 N–H and O–H groups in total. The molecule has 0 aliphatic carbocycles. The monoisotopic (exact) mass is 267 g/mol. The first-order valence-corrected chi connectivity index (χ1v) is 7.60. The van der Waals surface area contributed by atoms with Gasteiger partial charge in [0.25, 0.3) is 0 Å². The molecule has 0 spiro atoms. The third-order valence-corrected chi connectivity index (χ3v) is 5.42. The average molecular weight is 267 g/mol. The van der Waals surface area contributed by atoms with E-state index in [9.17, 15) is 9.90 Å². The molecule has 4 aliphatic heterocycles. The molecule has 4 unspecified atom stereocenters. The summed E-state index contributed by atoms with van der Waals surface area (Å²) in [6, 6.07) is -0.364. The molecule has 19 heavy (non-hydrogen) atoms. The van der Waals surface area contributed by atoms with Crippen molar-refractivity contribution < 1.29 is 9.90 Å². The minimum Gasteiger partial charge on any atom is -0.480 e. The highest BCUT2D eigenvalue weighted by atomic mass is 16.4. The molecule has 0 aromatic carbocycles. The average Bonchev–Trinajstić information content (AvgIpc) is 2.80. The van der Waals surface area contributed by atoms with E-state index in [0.29, 0.717) is 12.0 Å². The molecule has 4 heterocycles. The maximum atomic E-state index is 11.3. The van der Waals surface area contributed by atoms with E-state index in [1.54, 1.807) is 0 Å². The smallest absolute Gasteiger partial charge is 0.322 e. The van der Waals surface area contributed by atoms with Crippen LogP contribution in [0.4, 0.5) is 0 Å². The molecule has 4 fully saturated rings. The summed E-state index contributed by atoms with van der Waals surface area (Å²) in [5.74, 6) is 0.583. The number of carbonyl (C=O) groups is 1. The summed E-state index contributed by atoms with van der Waals surface area (Å²) in [7, 11) is 0. The van der Waals surface area contributed by atoms with Crippen LogP contribution in [0, 0.1) is 11.8 Å². The van der Waals surface area contributed by atoms with Gasteiger partial charge in [-0.1, -0.05) is 6.92 Å². The van der Waals surface area contributed by atoms with Crippen LogP contribution in [0.1, 0.15) is 26.2 Å². The lowest BCUT2D eigenvalue weighted by Crippen LogP contribution is -2.62. The van der Waals surface area contributed by atoms with Gasteiger partial charge in [0.2, 0.25) is 0 Å². The van der Waals surface area contributed by atoms with Gasteiger partial charge in [0.1, 0.15) is 6.04 Å². The van der Waals surface area contributed by atoms with E-state index in [2.05, 4.69) is 16.7 Å². The molecule has 108 valence electrons. The first-order valence-electron chi connectivity index (χ1n) is 7.60. The van der Waals surface area contributed by atoms with Crippen LogP contribution in [-0.2, 0) is 4.79 Å². The van der Waals surface area contributed by atoms with Crippen LogP contribution in [-0.4, -0.2) is 65.2 Å². The third kappa shape index (κ3) is 2.08. The molecule has 4 saturated heterocycles. The van der Waals surface area contributed by atoms with Gasteiger partial charge in [-0.2, -0.15) is 0 Å². The first-order chi connectivity index (χ1) is 9.13. The molecule has 2 bridgehead atoms. The van der Waals surface area contributed by atoms with Gasteiger partial charge in [-0.3, -0.25) is 14.6 Å². The maximum Gasteiger partial charge on any atom is 0.322 e. The number of carboxylic acids is 1. The predicted octanol–water partition coefficient (Wildman–Crippen LogP) is 0.203. The second kappa shape index (κ2) is 5.04. The van der Waals surface area contributed by atoms with Crippen molar-refractivity contribution in [3.8, 4) is 0 Å². The number of fused-ring (bicyclic) bond motifs is 2. The number of nitrogens with zero attached hydrogens (tertiary/aromatic N) is 2. The summed E-state index contributed by atoms with van der Waals surface area (Å²) < 4.78 is 0. The SMILES string of the molecule is CCCN1CC2C3CCN(CC3)C2C1C(N)C(=O)O. The van der Waals surface area contributed by atoms with E-state index in [0.717, 1.165) is 38.5 Å². The van der Waals surface area contributed by atoms with E-state index in [1.165, 1.54) is 12.8 Å². The number of carboxylic acid groups (broad SMARTS) is 1. The second-order valence-electron chi connectivity index (χ2n) is 6.38. The lowest BCUT2D eigenvalue weighted by atomic mass is 9.73. The fourth-order valence-corrected chi connectivity index (χ4v) is 4.64. The van der Waals surface area contributed by atoms with Crippen LogP contribution in [0.3, 0.4) is 0 Å². The Hall–Kier alpha value is -0.650. The molecule has 0 saturated carbocycles. The van der Waals surface area contributed by atoms with Crippen molar-refractivity contribution >= 4 is 5.97 Å². The summed E-state index contributed by atoms with van der Waals surface area (Å²) in [4.78, 5) is 16.2. The number of nitrogens with two attached hydrogens (primary N) is 1. The van der Waals surface area contributed by atoms with Gasteiger partial charge in [0, 0.05) is 12.6 Å². The van der Waals surface area contributed by atoms with Crippen molar-refractivity contribution in [3.63, 3.8) is 0 Å². The Bertz CT molecular complexity index is 355. The van der Waals surface area contributed by atoms with Crippen molar-refractivity contribution in [1.29, 1.82) is 0 Å². The van der Waals surface area contributed by atoms with Gasteiger partial charge < -0.3 is 10.8 Å². The van der Waals surface area contributed by atoms with E-state index in [-0.39, 0.29) is 6.04 Å². The van der Waals surface area contributed by atoms with Crippen LogP contribution in [0.15, 0.2) is 0 Å². The maximum absolute atomic E-state index is 11.3. The van der Waals surface area contributed by atoms with E-state index in [4.69, 9.17) is 5.73 Å². The Morgan fingerprint density at radius 3 is 2.68 bits per heavy atom. The van der Waals surface area contributed by atoms with Gasteiger partial charge in [-0.25, -0.2) is 0 Å². The zero-order valence-electron chi connectivity index (χ0n) is 11.7. The highest BCUT2D eigenvalue weighted by Crippen LogP contribution is 2.44. The topological polar surface area (TPSA) is 69.8 Å². The molecule has 4 aliphatic rings. The molecule has 0 amide bonds. The Morgan fingerprint density at radius 2 is 2.11 bits per heavy atom. The Balaban J connectivity index is 1.86. The molecule has 0 aromatic heterocycles. The summed E-state index contributed by atoms with van der Waals surface area (Å²) in [5, 5.41) is 9.32. The standard InChI is InChI=1S/C14H25N3O2/c1-2-5-17-8-10-9-3-6-16(7-4-9)12(10)13(17)11(15)14(18)19/h9-13H,2-8,15H2,1H3,(H,18,19). The van der Waals surface area contributed by atoms with Gasteiger partial charge >= 0.3 is 5.97 Å². The highest BCUT2D eigenvalue weighted by Gasteiger charge is 2.54. The normalized spacial score (nSPS) is 43.2. The second-order valence-corrected chi connectivity index (χ2v) is 6.38. The van der Waals surface area contributed by atoms with Gasteiger partial charge in [0.15, 0.2) is 0 Å². The summed E-state index contributed by atoms with van der Waals surface area (Å²) in [6.45, 7) is 6.44. The lowest BCUT2D eigenvalue weighted by Gasteiger charge is -2.50. The van der Waals surface area contributed by atoms with Crippen molar-refractivity contribution in [1.82, 2.24) is 9.80 Å². The molecular weight excluding hydrogens is 242 g/mol. The van der Waals surface area contributed by atoms with E-state index >= 15 is 0 Å². The van der Waals surface area contributed by atoms with Crippen LogP contribution in [0.2, 0.25) is 0 Å². The van der Waals surface area contributed by atoms with Crippen LogP contribution >= 0.6 is 0 Å². The number of hydrogen-bond donors (Lipinski definition) is 2. The molecular formula is C14H25N3O2. The molecule has 4 rings (SSSR count). The number of aliphatic carboxylic acids is 1. The number of hydrogen-bond acceptors (Lipinski definition) is 4. The first kappa shape index (κ1) is 13.3. The Kier molecular flexibility index (Phi) is 3.53. The minimum absolute atomic E-state index is 0.00514. The fraction of sp³-hybridized carbons (Fsp3) is 0.929. The Morgan fingerprint density at radius 1 is 1.42 bits per heavy atom. The molecule has 0 aromatic rings. The predicted molar refractivity (Wildman–Crippen MR) is 72.8 cm³/mol. The van der Waals surface area contributed by atoms with Crippen LogP contribution in [0.5, 0.6) is 0 Å². The Labute approximate surface area is 114 Å². The van der Waals surface area contributed by atoms with Crippen molar-refractivity contribution in [2.75, 3.05) is 26.2 Å². The zero-order valence-corrected chi connectivity index (χ0v) is 11.7. The molecule has 0 radical (unpaired) electrons. The van der Waals surface area contributed by atoms with E-state index in [1.807, 2.05) is 0 Å².